The Labute approximate surface area is 171 Å². The number of ether oxygens (including phenoxy) is 1. The minimum atomic E-state index is -0.453. The highest BCUT2D eigenvalue weighted by molar-refractivity contribution is 7.98. The molecule has 29 heavy (non-hydrogen) atoms. The highest BCUT2D eigenvalue weighted by Gasteiger charge is 2.13. The Morgan fingerprint density at radius 2 is 2.07 bits per heavy atom. The molecule has 0 saturated carbocycles. The Balaban J connectivity index is 1.67. The Bertz CT molecular complexity index is 1230. The van der Waals surface area contributed by atoms with E-state index in [2.05, 4.69) is 10.2 Å². The zero-order valence-corrected chi connectivity index (χ0v) is 16.8. The van der Waals surface area contributed by atoms with E-state index in [1.54, 1.807) is 13.4 Å². The van der Waals surface area contributed by atoms with Gasteiger partial charge in [-0.3, -0.25) is 4.57 Å². The number of aromatic nitrogens is 3. The third kappa shape index (κ3) is 3.84. The largest absolute Gasteiger partial charge is 0.508 e. The first-order valence-corrected chi connectivity index (χ1v) is 10.0. The number of nitrogens with zero attached hydrogens (tertiary/aromatic N) is 3. The molecule has 0 fully saturated rings. The van der Waals surface area contributed by atoms with Crippen LogP contribution in [-0.4, -0.2) is 27.0 Å². The van der Waals surface area contributed by atoms with E-state index in [0.29, 0.717) is 22.9 Å². The number of rotatable bonds is 6. The molecule has 0 spiro atoms. The molecular formula is C21H19N3O4S. The van der Waals surface area contributed by atoms with Crippen LogP contribution in [0.3, 0.4) is 0 Å². The first-order chi connectivity index (χ1) is 14.1. The van der Waals surface area contributed by atoms with Crippen molar-refractivity contribution in [3.05, 3.63) is 70.3 Å². The summed E-state index contributed by atoms with van der Waals surface area (Å²) in [5, 5.41) is 19.8. The van der Waals surface area contributed by atoms with Crippen LogP contribution in [0.5, 0.6) is 11.5 Å². The van der Waals surface area contributed by atoms with Crippen LogP contribution in [0.25, 0.3) is 16.7 Å². The standard InChI is InChI=1S/C21H19N3O4S/c1-3-13-7-17-14(8-20(26)28-19(17)10-18(13)25)11-29-21-23-22-12-24(21)15-5-4-6-16(9-15)27-2/h4-10,12,25H,3,11H2,1-2H3. The van der Waals surface area contributed by atoms with Gasteiger partial charge in [0.15, 0.2) is 5.16 Å². The van der Waals surface area contributed by atoms with Crippen LogP contribution in [-0.2, 0) is 12.2 Å². The molecule has 148 valence electrons. The number of aryl methyl sites for hydroxylation is 1. The maximum absolute atomic E-state index is 12.0. The van der Waals surface area contributed by atoms with Gasteiger partial charge < -0.3 is 14.3 Å². The lowest BCUT2D eigenvalue weighted by Gasteiger charge is -2.10. The number of thioether (sulfide) groups is 1. The average molecular weight is 409 g/mol. The summed E-state index contributed by atoms with van der Waals surface area (Å²) in [7, 11) is 1.62. The van der Waals surface area contributed by atoms with Crippen molar-refractivity contribution >= 4 is 22.7 Å². The minimum Gasteiger partial charge on any atom is -0.508 e. The average Bonchev–Trinajstić information content (AvgIpc) is 3.20. The zero-order valence-electron chi connectivity index (χ0n) is 16.0. The second-order valence-electron chi connectivity index (χ2n) is 6.39. The number of hydrogen-bond acceptors (Lipinski definition) is 7. The highest BCUT2D eigenvalue weighted by atomic mass is 32.2. The summed E-state index contributed by atoms with van der Waals surface area (Å²) in [5.74, 6) is 1.37. The lowest BCUT2D eigenvalue weighted by molar-refractivity contribution is 0.414. The van der Waals surface area contributed by atoms with Gasteiger partial charge in [0.25, 0.3) is 0 Å². The molecule has 1 N–H and O–H groups in total. The third-order valence-electron chi connectivity index (χ3n) is 4.62. The number of methoxy groups -OCH3 is 1. The Kier molecular flexibility index (Phi) is 5.26. The lowest BCUT2D eigenvalue weighted by Crippen LogP contribution is -2.01. The van der Waals surface area contributed by atoms with E-state index >= 15 is 0 Å². The molecule has 0 amide bonds. The fourth-order valence-corrected chi connectivity index (χ4v) is 4.03. The van der Waals surface area contributed by atoms with Gasteiger partial charge in [0, 0.05) is 29.3 Å². The maximum Gasteiger partial charge on any atom is 0.336 e. The number of phenolic OH excluding ortho intramolecular Hbond substituents is 1. The fourth-order valence-electron chi connectivity index (χ4n) is 3.11. The van der Waals surface area contributed by atoms with Crippen molar-refractivity contribution < 1.29 is 14.3 Å². The van der Waals surface area contributed by atoms with Gasteiger partial charge in [-0.1, -0.05) is 24.8 Å². The van der Waals surface area contributed by atoms with Crippen molar-refractivity contribution in [1.29, 1.82) is 0 Å². The molecule has 0 unspecified atom stereocenters. The second kappa shape index (κ2) is 8.00. The van der Waals surface area contributed by atoms with Crippen LogP contribution >= 0.6 is 11.8 Å². The van der Waals surface area contributed by atoms with Crippen LogP contribution in [0.1, 0.15) is 18.1 Å². The van der Waals surface area contributed by atoms with Crippen LogP contribution in [0.15, 0.2) is 63.2 Å². The first kappa shape index (κ1) is 19.1. The van der Waals surface area contributed by atoms with Gasteiger partial charge in [0.2, 0.25) is 0 Å². The summed E-state index contributed by atoms with van der Waals surface area (Å²) in [5.41, 5.74) is 2.42. The van der Waals surface area contributed by atoms with Crippen molar-refractivity contribution in [1.82, 2.24) is 14.8 Å². The molecule has 4 aromatic rings. The topological polar surface area (TPSA) is 90.4 Å². The zero-order chi connectivity index (χ0) is 20.4. The Morgan fingerprint density at radius 3 is 2.86 bits per heavy atom. The quantitative estimate of drug-likeness (QED) is 0.381. The summed E-state index contributed by atoms with van der Waals surface area (Å²) < 4.78 is 12.4. The van der Waals surface area contributed by atoms with Crippen LogP contribution in [0, 0.1) is 0 Å². The van der Waals surface area contributed by atoms with Gasteiger partial charge in [-0.15, -0.1) is 10.2 Å². The second-order valence-corrected chi connectivity index (χ2v) is 7.34. The van der Waals surface area contributed by atoms with Crippen LogP contribution in [0.4, 0.5) is 0 Å². The first-order valence-electron chi connectivity index (χ1n) is 9.05. The number of aromatic hydroxyl groups is 1. The predicted octanol–water partition coefficient (Wildman–Crippen LogP) is 3.94. The normalized spacial score (nSPS) is 11.1. The SMILES string of the molecule is CCc1cc2c(CSc3nncn3-c3cccc(OC)c3)cc(=O)oc2cc1O. The van der Waals surface area contributed by atoms with E-state index in [0.717, 1.165) is 28.0 Å². The number of fused-ring (bicyclic) bond motifs is 1. The van der Waals surface area contributed by atoms with Crippen molar-refractivity contribution in [3.63, 3.8) is 0 Å². The van der Waals surface area contributed by atoms with E-state index < -0.39 is 5.63 Å². The monoisotopic (exact) mass is 409 g/mol. The third-order valence-corrected chi connectivity index (χ3v) is 5.61. The van der Waals surface area contributed by atoms with Gasteiger partial charge in [-0.2, -0.15) is 0 Å². The van der Waals surface area contributed by atoms with E-state index in [-0.39, 0.29) is 5.75 Å². The molecule has 0 bridgehead atoms. The molecule has 0 radical (unpaired) electrons. The predicted molar refractivity (Wildman–Crippen MR) is 111 cm³/mol. The molecule has 0 aliphatic carbocycles. The van der Waals surface area contributed by atoms with Crippen LogP contribution in [0.2, 0.25) is 0 Å². The summed E-state index contributed by atoms with van der Waals surface area (Å²) >= 11 is 1.46. The molecule has 8 heteroatoms. The highest BCUT2D eigenvalue weighted by Crippen LogP contribution is 2.31. The van der Waals surface area contributed by atoms with Gasteiger partial charge in [-0.25, -0.2) is 4.79 Å². The molecule has 2 aromatic heterocycles. The molecule has 0 saturated heterocycles. The molecule has 0 aliphatic heterocycles. The van der Waals surface area contributed by atoms with Crippen molar-refractivity contribution in [2.24, 2.45) is 0 Å². The number of benzene rings is 2. The van der Waals surface area contributed by atoms with E-state index in [1.807, 2.05) is 41.8 Å². The molecular weight excluding hydrogens is 390 g/mol. The van der Waals surface area contributed by atoms with Crippen molar-refractivity contribution in [2.75, 3.05) is 7.11 Å². The molecule has 4 rings (SSSR count). The Morgan fingerprint density at radius 1 is 1.21 bits per heavy atom. The van der Waals surface area contributed by atoms with E-state index in [4.69, 9.17) is 9.15 Å². The van der Waals surface area contributed by atoms with Crippen molar-refractivity contribution in [2.45, 2.75) is 24.3 Å². The smallest absolute Gasteiger partial charge is 0.336 e. The summed E-state index contributed by atoms with van der Waals surface area (Å²) in [6.07, 6.45) is 2.32. The molecule has 0 aliphatic rings. The molecule has 2 heterocycles. The fraction of sp³-hybridized carbons (Fsp3) is 0.190. The van der Waals surface area contributed by atoms with Crippen molar-refractivity contribution in [3.8, 4) is 17.2 Å². The van der Waals surface area contributed by atoms with E-state index in [9.17, 15) is 9.90 Å². The number of hydrogen-bond donors (Lipinski definition) is 1. The van der Waals surface area contributed by atoms with Crippen LogP contribution < -0.4 is 10.4 Å². The van der Waals surface area contributed by atoms with Gasteiger partial charge >= 0.3 is 5.63 Å². The summed E-state index contributed by atoms with van der Waals surface area (Å²) in [4.78, 5) is 12.0. The minimum absolute atomic E-state index is 0.130. The van der Waals surface area contributed by atoms with Gasteiger partial charge in [0.05, 0.1) is 12.8 Å². The lowest BCUT2D eigenvalue weighted by atomic mass is 10.1. The Hall–Kier alpha value is -3.26. The van der Waals surface area contributed by atoms with Gasteiger partial charge in [-0.05, 0) is 35.7 Å². The molecule has 0 atom stereocenters. The number of phenols is 1. The van der Waals surface area contributed by atoms with Gasteiger partial charge in [0.1, 0.15) is 23.4 Å². The molecule has 2 aromatic carbocycles. The summed E-state index contributed by atoms with van der Waals surface area (Å²) in [6, 6.07) is 12.5. The molecule has 7 nitrogen and oxygen atoms in total. The maximum atomic E-state index is 12.0. The summed E-state index contributed by atoms with van der Waals surface area (Å²) in [6.45, 7) is 1.96. The van der Waals surface area contributed by atoms with E-state index in [1.165, 1.54) is 23.9 Å².